The van der Waals surface area contributed by atoms with Crippen LogP contribution in [0.25, 0.3) is 0 Å². The molecule has 0 spiro atoms. The van der Waals surface area contributed by atoms with Crippen molar-refractivity contribution >= 4 is 15.9 Å². The van der Waals surface area contributed by atoms with E-state index in [-0.39, 0.29) is 0 Å². The van der Waals surface area contributed by atoms with Crippen LogP contribution >= 0.6 is 15.9 Å². The van der Waals surface area contributed by atoms with Gasteiger partial charge in [0, 0.05) is 0 Å². The molecule has 1 aliphatic heterocycles. The Labute approximate surface area is 92.3 Å². The number of fused-ring (bicyclic) bond motifs is 1. The number of hydrogen-bond acceptors (Lipinski definition) is 2. The highest BCUT2D eigenvalue weighted by atomic mass is 79.9. The van der Waals surface area contributed by atoms with E-state index in [1.165, 1.54) is 0 Å². The Bertz CT molecular complexity index is 372. The average molecular weight is 257 g/mol. The summed E-state index contributed by atoms with van der Waals surface area (Å²) in [7, 11) is 0. The van der Waals surface area contributed by atoms with E-state index in [1.807, 2.05) is 26.8 Å². The number of rotatable bonds is 0. The summed E-state index contributed by atoms with van der Waals surface area (Å²) in [5, 5.41) is 0. The van der Waals surface area contributed by atoms with Gasteiger partial charge in [-0.1, -0.05) is 12.1 Å². The summed E-state index contributed by atoms with van der Waals surface area (Å²) in [5.74, 6) is 1.73. The molecule has 0 saturated heterocycles. The van der Waals surface area contributed by atoms with Crippen molar-refractivity contribution in [2.45, 2.75) is 25.3 Å². The van der Waals surface area contributed by atoms with E-state index in [0.717, 1.165) is 22.6 Å². The number of alkyl halides is 1. The molecule has 14 heavy (non-hydrogen) atoms. The van der Waals surface area contributed by atoms with Gasteiger partial charge in [-0.05, 0) is 47.8 Å². The molecule has 1 heterocycles. The van der Waals surface area contributed by atoms with Crippen LogP contribution in [0.5, 0.6) is 11.5 Å². The lowest BCUT2D eigenvalue weighted by Crippen LogP contribution is -2.36. The van der Waals surface area contributed by atoms with E-state index in [0.29, 0.717) is 6.61 Å². The Balaban J connectivity index is 2.51. The molecule has 0 aromatic heterocycles. The van der Waals surface area contributed by atoms with Crippen LogP contribution in [-0.2, 0) is 0 Å². The first kappa shape index (κ1) is 9.84. The van der Waals surface area contributed by atoms with E-state index in [4.69, 9.17) is 9.47 Å². The zero-order valence-electron chi connectivity index (χ0n) is 8.56. The molecule has 0 aliphatic carbocycles. The minimum atomic E-state index is -0.404. The number of aryl methyl sites for hydroxylation is 2. The summed E-state index contributed by atoms with van der Waals surface area (Å²) >= 11 is 3.47. The first-order valence-corrected chi connectivity index (χ1v) is 5.40. The van der Waals surface area contributed by atoms with E-state index in [1.54, 1.807) is 0 Å². The van der Waals surface area contributed by atoms with Crippen LogP contribution in [0.2, 0.25) is 0 Å². The molecule has 0 saturated carbocycles. The predicted octanol–water partition coefficient (Wildman–Crippen LogP) is 3.19. The maximum absolute atomic E-state index is 5.82. The first-order valence-electron chi connectivity index (χ1n) is 4.60. The molecule has 1 atom stereocenters. The molecule has 2 nitrogen and oxygen atoms in total. The lowest BCUT2D eigenvalue weighted by Gasteiger charge is -2.32. The Kier molecular flexibility index (Phi) is 2.22. The minimum Gasteiger partial charge on any atom is -0.484 e. The standard InChI is InChI=1S/C11H13BrO2/c1-7-4-5-8(2)10-9(7)13-6-11(3,12)14-10/h4-5H,6H2,1-3H3/t11-/m1/s1. The van der Waals surface area contributed by atoms with Crippen LogP contribution in [0.3, 0.4) is 0 Å². The molecular formula is C11H13BrO2. The highest BCUT2D eigenvalue weighted by Gasteiger charge is 2.31. The number of ether oxygens (including phenoxy) is 2. The van der Waals surface area contributed by atoms with Crippen LogP contribution in [0.1, 0.15) is 18.1 Å². The topological polar surface area (TPSA) is 18.5 Å². The van der Waals surface area contributed by atoms with Crippen molar-refractivity contribution < 1.29 is 9.47 Å². The fourth-order valence-corrected chi connectivity index (χ4v) is 1.79. The molecule has 3 heteroatoms. The second-order valence-electron chi connectivity index (χ2n) is 3.85. The van der Waals surface area contributed by atoms with Gasteiger partial charge in [-0.25, -0.2) is 0 Å². The zero-order valence-corrected chi connectivity index (χ0v) is 10.1. The van der Waals surface area contributed by atoms with Gasteiger partial charge in [0.15, 0.2) is 16.0 Å². The molecule has 1 aromatic rings. The fraction of sp³-hybridized carbons (Fsp3) is 0.455. The third-order valence-corrected chi connectivity index (χ3v) is 2.69. The van der Waals surface area contributed by atoms with Crippen molar-refractivity contribution in [3.05, 3.63) is 23.3 Å². The number of hydrogen-bond donors (Lipinski definition) is 0. The molecule has 0 N–H and O–H groups in total. The summed E-state index contributed by atoms with van der Waals surface area (Å²) in [6.07, 6.45) is 0. The van der Waals surface area contributed by atoms with Crippen molar-refractivity contribution in [1.82, 2.24) is 0 Å². The quantitative estimate of drug-likeness (QED) is 0.664. The molecule has 0 radical (unpaired) electrons. The average Bonchev–Trinajstić information content (AvgIpc) is 2.10. The maximum atomic E-state index is 5.82. The Hall–Kier alpha value is -0.700. The highest BCUT2D eigenvalue weighted by molar-refractivity contribution is 9.10. The molecule has 1 aliphatic rings. The van der Waals surface area contributed by atoms with Gasteiger partial charge in [0.25, 0.3) is 0 Å². The summed E-state index contributed by atoms with van der Waals surface area (Å²) in [6, 6.07) is 4.10. The number of halogens is 1. The first-order chi connectivity index (χ1) is 6.49. The molecule has 1 aromatic carbocycles. The largest absolute Gasteiger partial charge is 0.484 e. The third-order valence-electron chi connectivity index (χ3n) is 2.30. The van der Waals surface area contributed by atoms with Crippen molar-refractivity contribution in [2.24, 2.45) is 0 Å². The second-order valence-corrected chi connectivity index (χ2v) is 5.53. The third kappa shape index (κ3) is 1.61. The summed E-state index contributed by atoms with van der Waals surface area (Å²) < 4.78 is 11.1. The normalized spacial score (nSPS) is 24.9. The van der Waals surface area contributed by atoms with Crippen molar-refractivity contribution in [3.8, 4) is 11.5 Å². The molecule has 76 valence electrons. The van der Waals surface area contributed by atoms with Crippen LogP contribution < -0.4 is 9.47 Å². The van der Waals surface area contributed by atoms with E-state index in [9.17, 15) is 0 Å². The van der Waals surface area contributed by atoms with Crippen LogP contribution in [-0.4, -0.2) is 11.1 Å². The molecule has 2 rings (SSSR count). The van der Waals surface area contributed by atoms with E-state index in [2.05, 4.69) is 22.0 Å². The van der Waals surface area contributed by atoms with Crippen LogP contribution in [0.15, 0.2) is 12.1 Å². The van der Waals surface area contributed by atoms with Gasteiger partial charge < -0.3 is 9.47 Å². The van der Waals surface area contributed by atoms with Gasteiger partial charge in [0.2, 0.25) is 0 Å². The Morgan fingerprint density at radius 3 is 2.43 bits per heavy atom. The maximum Gasteiger partial charge on any atom is 0.194 e. The Morgan fingerprint density at radius 2 is 1.79 bits per heavy atom. The van der Waals surface area contributed by atoms with Gasteiger partial charge in [0.05, 0.1) is 0 Å². The van der Waals surface area contributed by atoms with E-state index >= 15 is 0 Å². The monoisotopic (exact) mass is 256 g/mol. The zero-order chi connectivity index (χ0) is 10.3. The van der Waals surface area contributed by atoms with Crippen LogP contribution in [0, 0.1) is 13.8 Å². The molecule has 0 unspecified atom stereocenters. The molecule has 0 amide bonds. The predicted molar refractivity (Wildman–Crippen MR) is 59.4 cm³/mol. The second kappa shape index (κ2) is 3.16. The minimum absolute atomic E-state index is 0.404. The van der Waals surface area contributed by atoms with Crippen LogP contribution in [0.4, 0.5) is 0 Å². The Morgan fingerprint density at radius 1 is 1.21 bits per heavy atom. The van der Waals surface area contributed by atoms with Gasteiger partial charge >= 0.3 is 0 Å². The smallest absolute Gasteiger partial charge is 0.194 e. The molecule has 0 fully saturated rings. The van der Waals surface area contributed by atoms with Gasteiger partial charge in [-0.3, -0.25) is 0 Å². The highest BCUT2D eigenvalue weighted by Crippen LogP contribution is 2.41. The van der Waals surface area contributed by atoms with Gasteiger partial charge in [-0.15, -0.1) is 0 Å². The van der Waals surface area contributed by atoms with Crippen molar-refractivity contribution in [2.75, 3.05) is 6.61 Å². The van der Waals surface area contributed by atoms with E-state index < -0.39 is 4.51 Å². The van der Waals surface area contributed by atoms with Crippen molar-refractivity contribution in [3.63, 3.8) is 0 Å². The lowest BCUT2D eigenvalue weighted by molar-refractivity contribution is 0.0816. The SMILES string of the molecule is Cc1ccc(C)c2c1OC[C@](C)(Br)O2. The van der Waals surface area contributed by atoms with Crippen molar-refractivity contribution in [1.29, 1.82) is 0 Å². The van der Waals surface area contributed by atoms with Gasteiger partial charge in [0.1, 0.15) is 6.61 Å². The summed E-state index contributed by atoms with van der Waals surface area (Å²) in [4.78, 5) is 0. The van der Waals surface area contributed by atoms with Gasteiger partial charge in [-0.2, -0.15) is 0 Å². The lowest BCUT2D eigenvalue weighted by atomic mass is 10.1. The summed E-state index contributed by atoms with van der Waals surface area (Å²) in [6.45, 7) is 6.54. The number of benzene rings is 1. The molecule has 0 bridgehead atoms. The fourth-order valence-electron chi connectivity index (χ4n) is 1.51. The molecular weight excluding hydrogens is 244 g/mol. The summed E-state index contributed by atoms with van der Waals surface area (Å²) in [5.41, 5.74) is 2.23.